The SMILES string of the molecule is CCc1ccc(C(=O)N2CCN(c3ncccn3)CC2)cc1. The molecule has 2 aromatic rings. The maximum atomic E-state index is 12.5. The molecule has 114 valence electrons. The van der Waals surface area contributed by atoms with E-state index in [9.17, 15) is 4.79 Å². The molecule has 5 heteroatoms. The molecule has 2 heterocycles. The van der Waals surface area contributed by atoms with Crippen molar-refractivity contribution in [3.8, 4) is 0 Å². The first kappa shape index (κ1) is 14.5. The lowest BCUT2D eigenvalue weighted by atomic mass is 10.1. The van der Waals surface area contributed by atoms with Crippen molar-refractivity contribution in [2.24, 2.45) is 0 Å². The highest BCUT2D eigenvalue weighted by atomic mass is 16.2. The van der Waals surface area contributed by atoms with Crippen molar-refractivity contribution in [2.75, 3.05) is 31.1 Å². The zero-order valence-electron chi connectivity index (χ0n) is 12.8. The molecular weight excluding hydrogens is 276 g/mol. The van der Waals surface area contributed by atoms with E-state index in [0.29, 0.717) is 13.1 Å². The molecule has 1 fully saturated rings. The third kappa shape index (κ3) is 3.08. The van der Waals surface area contributed by atoms with Crippen molar-refractivity contribution >= 4 is 11.9 Å². The molecule has 1 amide bonds. The topological polar surface area (TPSA) is 49.3 Å². The lowest BCUT2D eigenvalue weighted by Gasteiger charge is -2.34. The van der Waals surface area contributed by atoms with E-state index < -0.39 is 0 Å². The zero-order valence-corrected chi connectivity index (χ0v) is 12.8. The van der Waals surface area contributed by atoms with Crippen LogP contribution >= 0.6 is 0 Å². The van der Waals surface area contributed by atoms with Crippen LogP contribution in [0.4, 0.5) is 5.95 Å². The highest BCUT2D eigenvalue weighted by Gasteiger charge is 2.23. The molecule has 1 saturated heterocycles. The summed E-state index contributed by atoms with van der Waals surface area (Å²) in [5, 5.41) is 0. The Balaban J connectivity index is 1.62. The fraction of sp³-hybridized carbons (Fsp3) is 0.353. The largest absolute Gasteiger partial charge is 0.337 e. The van der Waals surface area contributed by atoms with Crippen molar-refractivity contribution in [3.05, 3.63) is 53.9 Å². The summed E-state index contributed by atoms with van der Waals surface area (Å²) in [6, 6.07) is 9.72. The molecule has 0 N–H and O–H groups in total. The molecule has 3 rings (SSSR count). The summed E-state index contributed by atoms with van der Waals surface area (Å²) in [7, 11) is 0. The summed E-state index contributed by atoms with van der Waals surface area (Å²) in [5.74, 6) is 0.846. The van der Waals surface area contributed by atoms with Crippen molar-refractivity contribution < 1.29 is 4.79 Å². The standard InChI is InChI=1S/C17H20N4O/c1-2-14-4-6-15(7-5-14)16(22)20-10-12-21(13-11-20)17-18-8-3-9-19-17/h3-9H,2,10-13H2,1H3. The maximum Gasteiger partial charge on any atom is 0.253 e. The minimum Gasteiger partial charge on any atom is -0.337 e. The van der Waals surface area contributed by atoms with E-state index >= 15 is 0 Å². The normalized spacial score (nSPS) is 15.0. The molecule has 1 aliphatic rings. The van der Waals surface area contributed by atoms with Crippen molar-refractivity contribution in [1.82, 2.24) is 14.9 Å². The van der Waals surface area contributed by atoms with Crippen LogP contribution in [0, 0.1) is 0 Å². The Morgan fingerprint density at radius 1 is 1.05 bits per heavy atom. The molecule has 22 heavy (non-hydrogen) atoms. The van der Waals surface area contributed by atoms with E-state index in [4.69, 9.17) is 0 Å². The number of aromatic nitrogens is 2. The molecule has 0 atom stereocenters. The summed E-state index contributed by atoms with van der Waals surface area (Å²) in [6.07, 6.45) is 4.48. The van der Waals surface area contributed by atoms with Gasteiger partial charge in [0, 0.05) is 44.1 Å². The average Bonchev–Trinajstić information content (AvgIpc) is 2.62. The number of anilines is 1. The minimum atomic E-state index is 0.108. The highest BCUT2D eigenvalue weighted by molar-refractivity contribution is 5.94. The third-order valence-electron chi connectivity index (χ3n) is 4.01. The Morgan fingerprint density at radius 3 is 2.27 bits per heavy atom. The molecule has 5 nitrogen and oxygen atoms in total. The Labute approximate surface area is 130 Å². The van der Waals surface area contributed by atoms with Crippen molar-refractivity contribution in [3.63, 3.8) is 0 Å². The number of aryl methyl sites for hydroxylation is 1. The van der Waals surface area contributed by atoms with Gasteiger partial charge in [-0.05, 0) is 30.2 Å². The summed E-state index contributed by atoms with van der Waals surface area (Å²) in [6.45, 7) is 5.05. The molecule has 0 saturated carbocycles. The molecule has 0 radical (unpaired) electrons. The van der Waals surface area contributed by atoms with Crippen LogP contribution in [-0.2, 0) is 6.42 Å². The quantitative estimate of drug-likeness (QED) is 0.869. The summed E-state index contributed by atoms with van der Waals surface area (Å²) < 4.78 is 0. The predicted octanol–water partition coefficient (Wildman–Crippen LogP) is 2.00. The van der Waals surface area contributed by atoms with E-state index in [-0.39, 0.29) is 5.91 Å². The second kappa shape index (κ2) is 6.56. The van der Waals surface area contributed by atoms with Gasteiger partial charge in [-0.3, -0.25) is 4.79 Å². The fourth-order valence-electron chi connectivity index (χ4n) is 2.63. The molecule has 0 bridgehead atoms. The number of hydrogen-bond acceptors (Lipinski definition) is 4. The van der Waals surface area contributed by atoms with Gasteiger partial charge >= 0.3 is 0 Å². The van der Waals surface area contributed by atoms with Crippen LogP contribution in [0.2, 0.25) is 0 Å². The van der Waals surface area contributed by atoms with Gasteiger partial charge in [-0.1, -0.05) is 19.1 Å². The molecule has 1 aliphatic heterocycles. The molecule has 0 unspecified atom stereocenters. The monoisotopic (exact) mass is 296 g/mol. The second-order valence-corrected chi connectivity index (χ2v) is 5.38. The van der Waals surface area contributed by atoms with Gasteiger partial charge in [0.25, 0.3) is 5.91 Å². The highest BCUT2D eigenvalue weighted by Crippen LogP contribution is 2.13. The van der Waals surface area contributed by atoms with E-state index in [1.165, 1.54) is 5.56 Å². The van der Waals surface area contributed by atoms with Crippen LogP contribution in [0.3, 0.4) is 0 Å². The van der Waals surface area contributed by atoms with Crippen molar-refractivity contribution in [2.45, 2.75) is 13.3 Å². The van der Waals surface area contributed by atoms with Gasteiger partial charge in [0.1, 0.15) is 0 Å². The zero-order chi connectivity index (χ0) is 15.4. The first-order valence-electron chi connectivity index (χ1n) is 7.68. The second-order valence-electron chi connectivity index (χ2n) is 5.38. The van der Waals surface area contributed by atoms with E-state index in [2.05, 4.69) is 21.8 Å². The lowest BCUT2D eigenvalue weighted by molar-refractivity contribution is 0.0746. The Morgan fingerprint density at radius 2 is 1.68 bits per heavy atom. The summed E-state index contributed by atoms with van der Waals surface area (Å²) in [4.78, 5) is 25.1. The first-order valence-corrected chi connectivity index (χ1v) is 7.68. The number of carbonyl (C=O) groups excluding carboxylic acids is 1. The van der Waals surface area contributed by atoms with Crippen LogP contribution < -0.4 is 4.90 Å². The maximum absolute atomic E-state index is 12.5. The average molecular weight is 296 g/mol. The van der Waals surface area contributed by atoms with Gasteiger partial charge in [0.05, 0.1) is 0 Å². The van der Waals surface area contributed by atoms with Crippen LogP contribution in [0.15, 0.2) is 42.7 Å². The smallest absolute Gasteiger partial charge is 0.253 e. The molecule has 0 aliphatic carbocycles. The van der Waals surface area contributed by atoms with Crippen LogP contribution in [0.1, 0.15) is 22.8 Å². The van der Waals surface area contributed by atoms with Crippen LogP contribution in [0.25, 0.3) is 0 Å². The molecule has 1 aromatic heterocycles. The fourth-order valence-corrected chi connectivity index (χ4v) is 2.63. The number of carbonyl (C=O) groups is 1. The van der Waals surface area contributed by atoms with E-state index in [0.717, 1.165) is 31.0 Å². The van der Waals surface area contributed by atoms with E-state index in [1.54, 1.807) is 12.4 Å². The number of rotatable bonds is 3. The van der Waals surface area contributed by atoms with E-state index in [1.807, 2.05) is 35.2 Å². The Kier molecular flexibility index (Phi) is 4.32. The number of hydrogen-bond donors (Lipinski definition) is 0. The van der Waals surface area contributed by atoms with Gasteiger partial charge in [-0.25, -0.2) is 9.97 Å². The van der Waals surface area contributed by atoms with Gasteiger partial charge in [0.15, 0.2) is 0 Å². The number of piperazine rings is 1. The minimum absolute atomic E-state index is 0.108. The first-order chi connectivity index (χ1) is 10.8. The Hall–Kier alpha value is -2.43. The third-order valence-corrected chi connectivity index (χ3v) is 4.01. The van der Waals surface area contributed by atoms with Gasteiger partial charge in [0.2, 0.25) is 5.95 Å². The molecular formula is C17H20N4O. The Bertz CT molecular complexity index is 619. The lowest BCUT2D eigenvalue weighted by Crippen LogP contribution is -2.49. The predicted molar refractivity (Wildman–Crippen MR) is 86.0 cm³/mol. The van der Waals surface area contributed by atoms with Crippen LogP contribution in [0.5, 0.6) is 0 Å². The number of amides is 1. The number of nitrogens with zero attached hydrogens (tertiary/aromatic N) is 4. The van der Waals surface area contributed by atoms with Crippen molar-refractivity contribution in [1.29, 1.82) is 0 Å². The summed E-state index contributed by atoms with van der Waals surface area (Å²) >= 11 is 0. The van der Waals surface area contributed by atoms with Gasteiger partial charge in [-0.15, -0.1) is 0 Å². The summed E-state index contributed by atoms with van der Waals surface area (Å²) in [5.41, 5.74) is 2.02. The molecule has 1 aromatic carbocycles. The molecule has 0 spiro atoms. The van der Waals surface area contributed by atoms with Crippen LogP contribution in [-0.4, -0.2) is 47.0 Å². The van der Waals surface area contributed by atoms with Gasteiger partial charge < -0.3 is 9.80 Å². The number of benzene rings is 1. The van der Waals surface area contributed by atoms with Gasteiger partial charge in [-0.2, -0.15) is 0 Å².